The van der Waals surface area contributed by atoms with Crippen LogP contribution >= 0.6 is 0 Å². The Morgan fingerprint density at radius 1 is 1.82 bits per heavy atom. The Bertz CT molecular complexity index is 155. The van der Waals surface area contributed by atoms with E-state index in [1.54, 1.807) is 13.0 Å². The summed E-state index contributed by atoms with van der Waals surface area (Å²) in [5.41, 5.74) is 2.57. The number of nitrogens with zero attached hydrogens (tertiary/aromatic N) is 1. The molecule has 0 heterocycles. The molecule has 0 aliphatic rings. The molecule has 0 aromatic carbocycles. The highest BCUT2D eigenvalue weighted by atomic mass is 16.5. The normalized spacial score (nSPS) is 9.55. The minimum absolute atomic E-state index is 0.367. The van der Waals surface area contributed by atoms with Gasteiger partial charge < -0.3 is 10.2 Å². The van der Waals surface area contributed by atoms with Gasteiger partial charge in [0.25, 0.3) is 0 Å². The zero-order chi connectivity index (χ0) is 8.53. The Labute approximate surface area is 65.9 Å². The molecule has 0 radical (unpaired) electrons. The van der Waals surface area contributed by atoms with Crippen LogP contribution in [0.1, 0.15) is 6.92 Å². The average Bonchev–Trinajstić information content (AvgIpc) is 1.99. The largest absolute Gasteiger partial charge is 0.462 e. The van der Waals surface area contributed by atoms with Crippen LogP contribution in [0, 0.1) is 0 Å². The quantitative estimate of drug-likeness (QED) is 0.205. The molecule has 4 heteroatoms. The van der Waals surface area contributed by atoms with E-state index in [4.69, 9.17) is 0 Å². The van der Waals surface area contributed by atoms with Crippen molar-refractivity contribution >= 4 is 12.2 Å². The van der Waals surface area contributed by atoms with Gasteiger partial charge in [0, 0.05) is 0 Å². The van der Waals surface area contributed by atoms with Gasteiger partial charge in [0.05, 0.1) is 13.2 Å². The molecule has 0 aliphatic heterocycles. The molecule has 0 saturated carbocycles. The van der Waals surface area contributed by atoms with Crippen LogP contribution in [0.2, 0.25) is 0 Å². The van der Waals surface area contributed by atoms with Gasteiger partial charge in [0.15, 0.2) is 0 Å². The summed E-state index contributed by atoms with van der Waals surface area (Å²) in [5.74, 6) is -0.441. The van der Waals surface area contributed by atoms with Gasteiger partial charge in [-0.1, -0.05) is 6.08 Å². The molecule has 0 spiro atoms. The van der Waals surface area contributed by atoms with E-state index in [-0.39, 0.29) is 0 Å². The predicted molar refractivity (Wildman–Crippen MR) is 43.3 cm³/mol. The second-order valence-electron chi connectivity index (χ2n) is 1.66. The molecule has 0 bridgehead atoms. The Morgan fingerprint density at radius 3 is 3.09 bits per heavy atom. The molecule has 0 amide bonds. The molecule has 0 rings (SSSR count). The number of carbonyl (C=O) groups is 1. The van der Waals surface area contributed by atoms with Crippen molar-refractivity contribution in [2.24, 2.45) is 5.10 Å². The lowest BCUT2D eigenvalue weighted by atomic mass is 10.7. The molecule has 11 heavy (non-hydrogen) atoms. The van der Waals surface area contributed by atoms with Gasteiger partial charge in [-0.05, 0) is 6.92 Å². The summed E-state index contributed by atoms with van der Waals surface area (Å²) in [5, 5.41) is 3.56. The van der Waals surface area contributed by atoms with E-state index in [9.17, 15) is 4.79 Å². The number of nitrogens with one attached hydrogen (secondary N) is 1. The smallest absolute Gasteiger partial charge is 0.351 e. The van der Waals surface area contributed by atoms with Crippen molar-refractivity contribution in [2.45, 2.75) is 6.92 Å². The molecule has 0 atom stereocenters. The van der Waals surface area contributed by atoms with Crippen LogP contribution in [0.3, 0.4) is 0 Å². The van der Waals surface area contributed by atoms with Crippen LogP contribution in [0.25, 0.3) is 0 Å². The maximum Gasteiger partial charge on any atom is 0.351 e. The third kappa shape index (κ3) is 6.57. The lowest BCUT2D eigenvalue weighted by molar-refractivity contribution is -0.134. The topological polar surface area (TPSA) is 50.7 Å². The van der Waals surface area contributed by atoms with Gasteiger partial charge in [-0.25, -0.2) is 4.79 Å². The van der Waals surface area contributed by atoms with Crippen molar-refractivity contribution in [1.82, 2.24) is 5.43 Å². The molecule has 4 nitrogen and oxygen atoms in total. The Balaban J connectivity index is 3.39. The van der Waals surface area contributed by atoms with Crippen LogP contribution in [-0.4, -0.2) is 25.3 Å². The van der Waals surface area contributed by atoms with Crippen LogP contribution in [0.15, 0.2) is 17.8 Å². The third-order valence-electron chi connectivity index (χ3n) is 0.783. The Morgan fingerprint density at radius 2 is 2.55 bits per heavy atom. The van der Waals surface area contributed by atoms with Crippen LogP contribution < -0.4 is 5.43 Å². The molecule has 0 aromatic heterocycles. The zero-order valence-electron chi connectivity index (χ0n) is 6.54. The number of hydrogen-bond acceptors (Lipinski definition) is 4. The summed E-state index contributed by atoms with van der Waals surface area (Å²) in [6.45, 7) is 6.11. The summed E-state index contributed by atoms with van der Waals surface area (Å²) in [7, 11) is 0. The first kappa shape index (κ1) is 9.68. The Kier molecular flexibility index (Phi) is 5.98. The van der Waals surface area contributed by atoms with E-state index >= 15 is 0 Å². The minimum Gasteiger partial charge on any atom is -0.462 e. The van der Waals surface area contributed by atoms with Crippen molar-refractivity contribution in [2.75, 3.05) is 13.2 Å². The van der Waals surface area contributed by atoms with Crippen molar-refractivity contribution in [3.63, 3.8) is 0 Å². The first-order valence-electron chi connectivity index (χ1n) is 3.34. The standard InChI is InChI=1S/C7H12N2O2/c1-3-5-8-9-6-7(10)11-4-2/h3,6,8H,1,4-5H2,2H3/b9-6-. The lowest BCUT2D eigenvalue weighted by Gasteiger charge is -1.94. The Hall–Kier alpha value is -1.32. The van der Waals surface area contributed by atoms with E-state index in [0.29, 0.717) is 13.2 Å². The second kappa shape index (κ2) is 6.80. The average molecular weight is 156 g/mol. The summed E-state index contributed by atoms with van der Waals surface area (Å²) < 4.78 is 4.57. The van der Waals surface area contributed by atoms with E-state index in [1.165, 1.54) is 0 Å². The van der Waals surface area contributed by atoms with Crippen molar-refractivity contribution in [3.8, 4) is 0 Å². The van der Waals surface area contributed by atoms with E-state index in [2.05, 4.69) is 21.8 Å². The van der Waals surface area contributed by atoms with E-state index in [1.807, 2.05) is 0 Å². The molecule has 0 aromatic rings. The first-order valence-corrected chi connectivity index (χ1v) is 3.34. The molecule has 62 valence electrons. The summed E-state index contributed by atoms with van der Waals surface area (Å²) >= 11 is 0. The fraction of sp³-hybridized carbons (Fsp3) is 0.429. The fourth-order valence-electron chi connectivity index (χ4n) is 0.395. The lowest BCUT2D eigenvalue weighted by Crippen LogP contribution is -2.10. The number of hydrazone groups is 1. The number of ether oxygens (including phenoxy) is 1. The third-order valence-corrected chi connectivity index (χ3v) is 0.783. The molecule has 0 unspecified atom stereocenters. The maximum absolute atomic E-state index is 10.6. The summed E-state index contributed by atoms with van der Waals surface area (Å²) in [4.78, 5) is 10.6. The predicted octanol–water partition coefficient (Wildman–Crippen LogP) is 0.311. The van der Waals surface area contributed by atoms with Crippen molar-refractivity contribution in [3.05, 3.63) is 12.7 Å². The number of rotatable bonds is 5. The zero-order valence-corrected chi connectivity index (χ0v) is 6.54. The van der Waals surface area contributed by atoms with Gasteiger partial charge in [-0.3, -0.25) is 0 Å². The number of hydrogen-bond donors (Lipinski definition) is 1. The molecule has 0 saturated heterocycles. The second-order valence-corrected chi connectivity index (χ2v) is 1.66. The molecular formula is C7H12N2O2. The fourth-order valence-corrected chi connectivity index (χ4v) is 0.395. The molecule has 0 aliphatic carbocycles. The molecule has 0 fully saturated rings. The SMILES string of the molecule is C=CCN/N=C\C(=O)OCC. The number of carbonyl (C=O) groups excluding carboxylic acids is 1. The van der Waals surface area contributed by atoms with Crippen molar-refractivity contribution in [1.29, 1.82) is 0 Å². The highest BCUT2D eigenvalue weighted by Gasteiger charge is 1.91. The van der Waals surface area contributed by atoms with Gasteiger partial charge in [-0.2, -0.15) is 5.10 Å². The van der Waals surface area contributed by atoms with Gasteiger partial charge >= 0.3 is 5.97 Å². The monoisotopic (exact) mass is 156 g/mol. The van der Waals surface area contributed by atoms with Crippen LogP contribution in [0.4, 0.5) is 0 Å². The minimum atomic E-state index is -0.441. The molecule has 1 N–H and O–H groups in total. The van der Waals surface area contributed by atoms with Gasteiger partial charge in [0.1, 0.15) is 6.21 Å². The van der Waals surface area contributed by atoms with E-state index < -0.39 is 5.97 Å². The summed E-state index contributed by atoms with van der Waals surface area (Å²) in [6, 6.07) is 0. The first-order chi connectivity index (χ1) is 5.31. The van der Waals surface area contributed by atoms with Crippen LogP contribution in [-0.2, 0) is 9.53 Å². The summed E-state index contributed by atoms with van der Waals surface area (Å²) in [6.07, 6.45) is 2.73. The highest BCUT2D eigenvalue weighted by Crippen LogP contribution is 1.71. The van der Waals surface area contributed by atoms with Gasteiger partial charge in [0.2, 0.25) is 0 Å². The molecular weight excluding hydrogens is 144 g/mol. The van der Waals surface area contributed by atoms with Gasteiger partial charge in [-0.15, -0.1) is 6.58 Å². The highest BCUT2D eigenvalue weighted by molar-refractivity contribution is 6.23. The maximum atomic E-state index is 10.6. The van der Waals surface area contributed by atoms with E-state index in [0.717, 1.165) is 6.21 Å². The number of esters is 1. The van der Waals surface area contributed by atoms with Crippen LogP contribution in [0.5, 0.6) is 0 Å². The van der Waals surface area contributed by atoms with Crippen molar-refractivity contribution < 1.29 is 9.53 Å².